The summed E-state index contributed by atoms with van der Waals surface area (Å²) in [6.07, 6.45) is 1.85. The van der Waals surface area contributed by atoms with Gasteiger partial charge in [0.25, 0.3) is 0 Å². The maximum atomic E-state index is 13.8. The molecule has 7 heteroatoms. The van der Waals surface area contributed by atoms with Gasteiger partial charge in [-0.1, -0.05) is 44.2 Å². The molecule has 1 aliphatic rings. The molecule has 0 unspecified atom stereocenters. The molecule has 1 fully saturated rings. The molecule has 0 bridgehead atoms. The lowest BCUT2D eigenvalue weighted by Crippen LogP contribution is -2.53. The van der Waals surface area contributed by atoms with Crippen LogP contribution in [0.1, 0.15) is 32.3 Å². The lowest BCUT2D eigenvalue weighted by molar-refractivity contribution is -0.310. The average molecular weight is 404 g/mol. The number of halogens is 2. The molecule has 2 aromatic carbocycles. The number of hydrogen-bond donors (Lipinski definition) is 2. The SMILES string of the molecule is CCC1(CC)COC(CNC(=O)Nc2ccc(F)cc2F)(c2ccccc2)OC1. The normalized spacial score (nSPS) is 17.5. The molecule has 1 aliphatic heterocycles. The van der Waals surface area contributed by atoms with Gasteiger partial charge in [0.05, 0.1) is 25.4 Å². The molecular formula is C22H26F2N2O3. The summed E-state index contributed by atoms with van der Waals surface area (Å²) in [5, 5.41) is 5.07. The van der Waals surface area contributed by atoms with Crippen molar-refractivity contribution in [3.8, 4) is 0 Å². The number of urea groups is 1. The molecule has 0 aromatic heterocycles. The Balaban J connectivity index is 1.72. The first kappa shape index (κ1) is 21.2. The lowest BCUT2D eigenvalue weighted by Gasteiger charge is -2.46. The number of carbonyl (C=O) groups excluding carboxylic acids is 1. The van der Waals surface area contributed by atoms with Crippen molar-refractivity contribution in [1.29, 1.82) is 0 Å². The quantitative estimate of drug-likeness (QED) is 0.728. The molecule has 0 radical (unpaired) electrons. The standard InChI is InChI=1S/C22H26F2N2O3/c1-3-21(4-2)14-28-22(29-15-21,16-8-6-5-7-9-16)13-25-20(27)26-19-11-10-17(23)12-18(19)24/h5-12H,3-4,13-15H2,1-2H3,(H2,25,26,27). The van der Waals surface area contributed by atoms with Gasteiger partial charge in [-0.25, -0.2) is 13.6 Å². The predicted molar refractivity (Wildman–Crippen MR) is 106 cm³/mol. The Bertz CT molecular complexity index is 831. The summed E-state index contributed by atoms with van der Waals surface area (Å²) in [4.78, 5) is 12.3. The molecular weight excluding hydrogens is 378 g/mol. The van der Waals surface area contributed by atoms with Crippen LogP contribution >= 0.6 is 0 Å². The fourth-order valence-electron chi connectivity index (χ4n) is 3.30. The Hall–Kier alpha value is -2.51. The van der Waals surface area contributed by atoms with Crippen molar-refractivity contribution < 1.29 is 23.0 Å². The fourth-order valence-corrected chi connectivity index (χ4v) is 3.30. The van der Waals surface area contributed by atoms with Gasteiger partial charge in [0.1, 0.15) is 11.6 Å². The topological polar surface area (TPSA) is 59.6 Å². The van der Waals surface area contributed by atoms with Gasteiger partial charge in [0.15, 0.2) is 0 Å². The Morgan fingerprint density at radius 2 is 1.69 bits per heavy atom. The van der Waals surface area contributed by atoms with Gasteiger partial charge in [0, 0.05) is 17.0 Å². The van der Waals surface area contributed by atoms with Crippen LogP contribution in [0.25, 0.3) is 0 Å². The van der Waals surface area contributed by atoms with Gasteiger partial charge in [-0.3, -0.25) is 0 Å². The smallest absolute Gasteiger partial charge is 0.319 e. The van der Waals surface area contributed by atoms with Crippen LogP contribution in [-0.2, 0) is 15.3 Å². The second-order valence-electron chi connectivity index (χ2n) is 7.34. The van der Waals surface area contributed by atoms with E-state index in [1.54, 1.807) is 0 Å². The first-order valence-electron chi connectivity index (χ1n) is 9.75. The van der Waals surface area contributed by atoms with Gasteiger partial charge in [-0.15, -0.1) is 0 Å². The lowest BCUT2D eigenvalue weighted by atomic mass is 9.83. The van der Waals surface area contributed by atoms with Crippen molar-refractivity contribution in [2.24, 2.45) is 5.41 Å². The number of hydrogen-bond acceptors (Lipinski definition) is 3. The van der Waals surface area contributed by atoms with Crippen LogP contribution in [0.15, 0.2) is 48.5 Å². The molecule has 5 nitrogen and oxygen atoms in total. The van der Waals surface area contributed by atoms with Crippen LogP contribution in [0.2, 0.25) is 0 Å². The van der Waals surface area contributed by atoms with Gasteiger partial charge < -0.3 is 20.1 Å². The summed E-state index contributed by atoms with van der Waals surface area (Å²) < 4.78 is 39.2. The summed E-state index contributed by atoms with van der Waals surface area (Å²) in [7, 11) is 0. The highest BCUT2D eigenvalue weighted by atomic mass is 19.1. The Kier molecular flexibility index (Phi) is 6.49. The minimum absolute atomic E-state index is 0.0369. The highest BCUT2D eigenvalue weighted by Gasteiger charge is 2.44. The number of carbonyl (C=O) groups is 1. The third-order valence-corrected chi connectivity index (χ3v) is 5.60. The number of ether oxygens (including phenoxy) is 2. The fraction of sp³-hybridized carbons (Fsp3) is 0.409. The highest BCUT2D eigenvalue weighted by Crippen LogP contribution is 2.40. The van der Waals surface area contributed by atoms with E-state index in [0.717, 1.165) is 24.5 Å². The van der Waals surface area contributed by atoms with Crippen LogP contribution in [0.5, 0.6) is 0 Å². The molecule has 0 spiro atoms. The van der Waals surface area contributed by atoms with Crippen molar-refractivity contribution in [1.82, 2.24) is 5.32 Å². The van der Waals surface area contributed by atoms with E-state index in [-0.39, 0.29) is 17.6 Å². The number of benzene rings is 2. The summed E-state index contributed by atoms with van der Waals surface area (Å²) in [5.74, 6) is -2.69. The third-order valence-electron chi connectivity index (χ3n) is 5.60. The molecule has 0 atom stereocenters. The number of rotatable bonds is 6. The molecule has 1 saturated heterocycles. The molecule has 3 rings (SSSR count). The average Bonchev–Trinajstić information content (AvgIpc) is 2.75. The van der Waals surface area contributed by atoms with Crippen LogP contribution in [0.4, 0.5) is 19.3 Å². The van der Waals surface area contributed by atoms with Crippen LogP contribution < -0.4 is 10.6 Å². The Morgan fingerprint density at radius 3 is 2.28 bits per heavy atom. The van der Waals surface area contributed by atoms with E-state index >= 15 is 0 Å². The number of nitrogens with one attached hydrogen (secondary N) is 2. The molecule has 0 aliphatic carbocycles. The molecule has 1 heterocycles. The van der Waals surface area contributed by atoms with E-state index in [4.69, 9.17) is 9.47 Å². The van der Waals surface area contributed by atoms with E-state index in [2.05, 4.69) is 24.5 Å². The summed E-state index contributed by atoms with van der Waals surface area (Å²) in [6, 6.07) is 11.7. The van der Waals surface area contributed by atoms with Crippen molar-refractivity contribution >= 4 is 11.7 Å². The summed E-state index contributed by atoms with van der Waals surface area (Å²) in [6.45, 7) is 5.26. The Morgan fingerprint density at radius 1 is 1.03 bits per heavy atom. The molecule has 2 amide bonds. The molecule has 0 saturated carbocycles. The molecule has 2 N–H and O–H groups in total. The second kappa shape index (κ2) is 8.88. The largest absolute Gasteiger partial charge is 0.344 e. The van der Waals surface area contributed by atoms with E-state index in [1.807, 2.05) is 30.3 Å². The summed E-state index contributed by atoms with van der Waals surface area (Å²) >= 11 is 0. The number of anilines is 1. The zero-order chi connectivity index (χ0) is 20.9. The molecule has 156 valence electrons. The maximum Gasteiger partial charge on any atom is 0.319 e. The van der Waals surface area contributed by atoms with Crippen molar-refractivity contribution in [2.75, 3.05) is 25.1 Å². The molecule has 2 aromatic rings. The van der Waals surface area contributed by atoms with Gasteiger partial charge in [0.2, 0.25) is 5.79 Å². The first-order chi connectivity index (χ1) is 13.9. The second-order valence-corrected chi connectivity index (χ2v) is 7.34. The Labute approximate surface area is 169 Å². The minimum atomic E-state index is -1.13. The van der Waals surface area contributed by atoms with Crippen LogP contribution in [0, 0.1) is 17.0 Å². The van der Waals surface area contributed by atoms with Gasteiger partial charge in [-0.2, -0.15) is 0 Å². The van der Waals surface area contributed by atoms with Crippen molar-refractivity contribution in [2.45, 2.75) is 32.5 Å². The van der Waals surface area contributed by atoms with E-state index in [9.17, 15) is 13.6 Å². The monoisotopic (exact) mass is 404 g/mol. The molecule has 29 heavy (non-hydrogen) atoms. The van der Waals surface area contributed by atoms with E-state index < -0.39 is 23.5 Å². The number of amides is 2. The zero-order valence-electron chi connectivity index (χ0n) is 16.6. The van der Waals surface area contributed by atoms with Crippen LogP contribution in [0.3, 0.4) is 0 Å². The third kappa shape index (κ3) is 4.74. The van der Waals surface area contributed by atoms with Crippen molar-refractivity contribution in [3.63, 3.8) is 0 Å². The van der Waals surface area contributed by atoms with Crippen LogP contribution in [-0.4, -0.2) is 25.8 Å². The minimum Gasteiger partial charge on any atom is -0.344 e. The van der Waals surface area contributed by atoms with E-state index in [1.165, 1.54) is 6.07 Å². The highest BCUT2D eigenvalue weighted by molar-refractivity contribution is 5.89. The maximum absolute atomic E-state index is 13.8. The first-order valence-corrected chi connectivity index (χ1v) is 9.75. The summed E-state index contributed by atoms with van der Waals surface area (Å²) in [5.41, 5.74) is 0.616. The predicted octanol–water partition coefficient (Wildman–Crippen LogP) is 4.79. The zero-order valence-corrected chi connectivity index (χ0v) is 16.6. The van der Waals surface area contributed by atoms with Crippen molar-refractivity contribution in [3.05, 3.63) is 65.7 Å². The van der Waals surface area contributed by atoms with Gasteiger partial charge >= 0.3 is 6.03 Å². The van der Waals surface area contributed by atoms with E-state index in [0.29, 0.717) is 19.3 Å². The van der Waals surface area contributed by atoms with Gasteiger partial charge in [-0.05, 0) is 25.0 Å².